The van der Waals surface area contributed by atoms with E-state index >= 15 is 0 Å². The van der Waals surface area contributed by atoms with Crippen molar-refractivity contribution >= 4 is 17.1 Å². The Hall–Kier alpha value is -2.96. The van der Waals surface area contributed by atoms with E-state index in [4.69, 9.17) is 4.74 Å². The number of carbonyl (C=O) groups is 1. The van der Waals surface area contributed by atoms with Crippen LogP contribution in [0, 0.1) is 0 Å². The van der Waals surface area contributed by atoms with Gasteiger partial charge in [0, 0.05) is 5.56 Å². The highest BCUT2D eigenvalue weighted by molar-refractivity contribution is 6.02. The van der Waals surface area contributed by atoms with E-state index in [2.05, 4.69) is 25.3 Å². The number of nitrogens with one attached hydrogen (secondary N) is 2. The van der Waals surface area contributed by atoms with Gasteiger partial charge >= 0.3 is 0 Å². The van der Waals surface area contributed by atoms with Gasteiger partial charge in [-0.3, -0.25) is 4.79 Å². The van der Waals surface area contributed by atoms with Crippen LogP contribution < -0.4 is 10.1 Å². The number of benzene rings is 1. The van der Waals surface area contributed by atoms with Crippen molar-refractivity contribution in [3.05, 3.63) is 48.2 Å². The molecule has 7 nitrogen and oxygen atoms in total. The Morgan fingerprint density at radius 1 is 1.30 bits per heavy atom. The second-order valence-electron chi connectivity index (χ2n) is 5.00. The maximum absolute atomic E-state index is 12.6. The summed E-state index contributed by atoms with van der Waals surface area (Å²) in [4.78, 5) is 27.6. The van der Waals surface area contributed by atoms with Crippen molar-refractivity contribution in [1.82, 2.24) is 25.3 Å². The molecule has 118 valence electrons. The molecule has 0 saturated carbocycles. The number of methoxy groups -OCH3 is 1. The largest absolute Gasteiger partial charge is 0.496 e. The fourth-order valence-corrected chi connectivity index (χ4v) is 2.52. The number of amides is 1. The molecule has 0 saturated heterocycles. The minimum Gasteiger partial charge on any atom is -0.496 e. The summed E-state index contributed by atoms with van der Waals surface area (Å²) >= 11 is 0. The van der Waals surface area contributed by atoms with E-state index in [9.17, 15) is 4.79 Å². The van der Waals surface area contributed by atoms with Crippen molar-refractivity contribution in [3.63, 3.8) is 0 Å². The average Bonchev–Trinajstić information content (AvgIpc) is 3.08. The van der Waals surface area contributed by atoms with Crippen LogP contribution in [0.15, 0.2) is 36.9 Å². The lowest BCUT2D eigenvalue weighted by atomic mass is 10.0. The van der Waals surface area contributed by atoms with Gasteiger partial charge in [0.25, 0.3) is 5.91 Å². The first-order valence-corrected chi connectivity index (χ1v) is 7.32. The summed E-state index contributed by atoms with van der Waals surface area (Å²) in [5.41, 5.74) is 2.21. The molecular weight excluding hydrogens is 294 g/mol. The number of hydrogen-bond acceptors (Lipinski definition) is 5. The Labute approximate surface area is 133 Å². The van der Waals surface area contributed by atoms with Crippen LogP contribution in [0.25, 0.3) is 11.2 Å². The predicted octanol–water partition coefficient (Wildman–Crippen LogP) is 2.24. The normalized spacial score (nSPS) is 12.1. The van der Waals surface area contributed by atoms with Crippen LogP contribution in [0.4, 0.5) is 0 Å². The van der Waals surface area contributed by atoms with Gasteiger partial charge in [-0.1, -0.05) is 25.1 Å². The number of fused-ring (bicyclic) bond motifs is 1. The lowest BCUT2D eigenvalue weighted by Gasteiger charge is -2.19. The monoisotopic (exact) mass is 311 g/mol. The molecule has 0 bridgehead atoms. The highest BCUT2D eigenvalue weighted by Gasteiger charge is 2.20. The molecule has 0 spiro atoms. The zero-order valence-corrected chi connectivity index (χ0v) is 12.9. The first-order chi connectivity index (χ1) is 11.2. The molecule has 0 aliphatic rings. The first-order valence-electron chi connectivity index (χ1n) is 7.32. The Bertz CT molecular complexity index is 830. The van der Waals surface area contributed by atoms with Crippen LogP contribution in [0.5, 0.6) is 5.75 Å². The van der Waals surface area contributed by atoms with E-state index in [1.165, 1.54) is 12.7 Å². The number of hydrogen-bond donors (Lipinski definition) is 2. The van der Waals surface area contributed by atoms with E-state index in [1.54, 1.807) is 7.11 Å². The molecule has 0 fully saturated rings. The molecule has 2 N–H and O–H groups in total. The minimum atomic E-state index is -0.278. The number of ether oxygens (including phenoxy) is 1. The first kappa shape index (κ1) is 15.0. The molecule has 1 atom stereocenters. The molecule has 0 aliphatic heterocycles. The highest BCUT2D eigenvalue weighted by Crippen LogP contribution is 2.27. The van der Waals surface area contributed by atoms with Gasteiger partial charge in [0.1, 0.15) is 17.6 Å². The summed E-state index contributed by atoms with van der Waals surface area (Å²) < 4.78 is 5.38. The number of aromatic amines is 1. The van der Waals surface area contributed by atoms with Crippen molar-refractivity contribution in [1.29, 1.82) is 0 Å². The summed E-state index contributed by atoms with van der Waals surface area (Å²) in [6.07, 6.45) is 3.55. The number of aromatic nitrogens is 4. The molecule has 23 heavy (non-hydrogen) atoms. The molecule has 2 heterocycles. The minimum absolute atomic E-state index is 0.174. The van der Waals surface area contributed by atoms with Gasteiger partial charge in [0.15, 0.2) is 11.3 Å². The SMILES string of the molecule is CCC(NC(=O)c1ncnc2nc[nH]c12)c1ccccc1OC. The van der Waals surface area contributed by atoms with Crippen molar-refractivity contribution < 1.29 is 9.53 Å². The van der Waals surface area contributed by atoms with Crippen molar-refractivity contribution in [2.75, 3.05) is 7.11 Å². The lowest BCUT2D eigenvalue weighted by Crippen LogP contribution is -2.29. The quantitative estimate of drug-likeness (QED) is 0.754. The number of nitrogens with zero attached hydrogens (tertiary/aromatic N) is 3. The zero-order valence-electron chi connectivity index (χ0n) is 12.9. The molecule has 0 aliphatic carbocycles. The predicted molar refractivity (Wildman–Crippen MR) is 85.2 cm³/mol. The van der Waals surface area contributed by atoms with E-state index in [0.717, 1.165) is 17.7 Å². The van der Waals surface area contributed by atoms with Crippen LogP contribution in [0.2, 0.25) is 0 Å². The number of para-hydroxylation sites is 1. The van der Waals surface area contributed by atoms with Crippen LogP contribution >= 0.6 is 0 Å². The van der Waals surface area contributed by atoms with Gasteiger partial charge in [-0.15, -0.1) is 0 Å². The number of imidazole rings is 1. The Kier molecular flexibility index (Phi) is 4.18. The smallest absolute Gasteiger partial charge is 0.272 e. The standard InChI is InChI=1S/C16H17N5O2/c1-3-11(10-6-4-5-7-12(10)23-2)21-16(22)14-13-15(19-8-17-13)20-9-18-14/h4-9,11H,3H2,1-2H3,(H,21,22)(H,17,18,19,20). The summed E-state index contributed by atoms with van der Waals surface area (Å²) in [5, 5.41) is 3.00. The maximum atomic E-state index is 12.6. The second kappa shape index (κ2) is 6.43. The van der Waals surface area contributed by atoms with Gasteiger partial charge in [-0.2, -0.15) is 0 Å². The third-order valence-electron chi connectivity index (χ3n) is 3.67. The fraction of sp³-hybridized carbons (Fsp3) is 0.250. The van der Waals surface area contributed by atoms with E-state index in [1.807, 2.05) is 31.2 Å². The van der Waals surface area contributed by atoms with Gasteiger partial charge in [0.05, 0.1) is 19.5 Å². The van der Waals surface area contributed by atoms with Crippen LogP contribution in [0.1, 0.15) is 35.4 Å². The zero-order chi connectivity index (χ0) is 16.2. The molecule has 7 heteroatoms. The maximum Gasteiger partial charge on any atom is 0.272 e. The molecular formula is C16H17N5O2. The van der Waals surface area contributed by atoms with Crippen molar-refractivity contribution in [2.45, 2.75) is 19.4 Å². The van der Waals surface area contributed by atoms with E-state index < -0.39 is 0 Å². The summed E-state index contributed by atoms with van der Waals surface area (Å²) in [7, 11) is 1.62. The molecule has 3 rings (SSSR count). The molecule has 3 aromatic rings. The Morgan fingerprint density at radius 2 is 2.13 bits per heavy atom. The third-order valence-corrected chi connectivity index (χ3v) is 3.67. The second-order valence-corrected chi connectivity index (χ2v) is 5.00. The fourth-order valence-electron chi connectivity index (χ4n) is 2.52. The van der Waals surface area contributed by atoms with Crippen LogP contribution in [-0.2, 0) is 0 Å². The molecule has 1 aromatic carbocycles. The number of carbonyl (C=O) groups excluding carboxylic acids is 1. The average molecular weight is 311 g/mol. The van der Waals surface area contributed by atoms with Gasteiger partial charge in [0.2, 0.25) is 0 Å². The number of H-pyrrole nitrogens is 1. The number of rotatable bonds is 5. The van der Waals surface area contributed by atoms with E-state index in [-0.39, 0.29) is 17.6 Å². The van der Waals surface area contributed by atoms with E-state index in [0.29, 0.717) is 11.2 Å². The van der Waals surface area contributed by atoms with Gasteiger partial charge in [-0.25, -0.2) is 15.0 Å². The van der Waals surface area contributed by atoms with Gasteiger partial charge < -0.3 is 15.0 Å². The topological polar surface area (TPSA) is 92.8 Å². The lowest BCUT2D eigenvalue weighted by molar-refractivity contribution is 0.0931. The molecule has 0 radical (unpaired) electrons. The van der Waals surface area contributed by atoms with Crippen molar-refractivity contribution in [2.24, 2.45) is 0 Å². The summed E-state index contributed by atoms with van der Waals surface area (Å²) in [5.74, 6) is 0.466. The van der Waals surface area contributed by atoms with Crippen LogP contribution in [-0.4, -0.2) is 33.0 Å². The Balaban J connectivity index is 1.90. The molecule has 1 amide bonds. The highest BCUT2D eigenvalue weighted by atomic mass is 16.5. The third kappa shape index (κ3) is 2.85. The van der Waals surface area contributed by atoms with Crippen LogP contribution in [0.3, 0.4) is 0 Å². The molecule has 2 aromatic heterocycles. The summed E-state index contributed by atoms with van der Waals surface area (Å²) in [6.45, 7) is 2.00. The Morgan fingerprint density at radius 3 is 2.91 bits per heavy atom. The summed E-state index contributed by atoms with van der Waals surface area (Å²) in [6, 6.07) is 7.47. The van der Waals surface area contributed by atoms with Gasteiger partial charge in [-0.05, 0) is 12.5 Å². The van der Waals surface area contributed by atoms with Crippen molar-refractivity contribution in [3.8, 4) is 5.75 Å². The molecule has 1 unspecified atom stereocenters.